The second-order valence-corrected chi connectivity index (χ2v) is 7.35. The van der Waals surface area contributed by atoms with Crippen molar-refractivity contribution >= 4 is 17.5 Å². The van der Waals surface area contributed by atoms with E-state index in [1.165, 1.54) is 14.2 Å². The fourth-order valence-corrected chi connectivity index (χ4v) is 3.36. The van der Waals surface area contributed by atoms with Crippen molar-refractivity contribution < 1.29 is 23.8 Å². The monoisotopic (exact) mass is 428 g/mol. The highest BCUT2D eigenvalue weighted by atomic mass is 16.5. The lowest BCUT2D eigenvalue weighted by atomic mass is 10.1. The third kappa shape index (κ3) is 5.50. The molecule has 0 aliphatic carbocycles. The van der Waals surface area contributed by atoms with Crippen LogP contribution in [-0.2, 0) is 16.1 Å². The summed E-state index contributed by atoms with van der Waals surface area (Å²) < 4.78 is 16.4. The van der Waals surface area contributed by atoms with Crippen LogP contribution in [0.2, 0.25) is 0 Å². The van der Waals surface area contributed by atoms with Gasteiger partial charge in [-0.3, -0.25) is 14.6 Å². The van der Waals surface area contributed by atoms with Crippen molar-refractivity contribution in [3.05, 3.63) is 47.8 Å². The molecule has 31 heavy (non-hydrogen) atoms. The van der Waals surface area contributed by atoms with Crippen molar-refractivity contribution in [1.82, 2.24) is 14.8 Å². The standard InChI is InChI=1S/C22H28N4O5/c1-25-9-10-31-19(14-25)21(27)24-17-11-15(12-18(29-3)20(17)30-4)22(28)26(2)13-16-7-5-6-8-23-16/h5-8,11-12,19H,9-10,13-14H2,1-4H3,(H,24,27). The minimum Gasteiger partial charge on any atom is -0.493 e. The van der Waals surface area contributed by atoms with Gasteiger partial charge in [0.2, 0.25) is 0 Å². The van der Waals surface area contributed by atoms with E-state index in [-0.39, 0.29) is 11.8 Å². The molecular formula is C22H28N4O5. The third-order valence-electron chi connectivity index (χ3n) is 5.02. The van der Waals surface area contributed by atoms with Gasteiger partial charge < -0.3 is 29.3 Å². The molecule has 9 heteroatoms. The Morgan fingerprint density at radius 1 is 1.29 bits per heavy atom. The lowest BCUT2D eigenvalue weighted by Crippen LogP contribution is -2.46. The minimum absolute atomic E-state index is 0.240. The molecule has 0 radical (unpaired) electrons. The topological polar surface area (TPSA) is 93.2 Å². The van der Waals surface area contributed by atoms with E-state index in [2.05, 4.69) is 10.3 Å². The van der Waals surface area contributed by atoms with Crippen molar-refractivity contribution in [3.63, 3.8) is 0 Å². The zero-order valence-corrected chi connectivity index (χ0v) is 18.3. The number of ether oxygens (including phenoxy) is 3. The number of hydrogen-bond acceptors (Lipinski definition) is 7. The highest BCUT2D eigenvalue weighted by molar-refractivity contribution is 6.00. The first-order chi connectivity index (χ1) is 14.9. The molecule has 2 aromatic rings. The minimum atomic E-state index is -0.611. The van der Waals surface area contributed by atoms with Crippen LogP contribution in [-0.4, -0.2) is 80.7 Å². The molecule has 1 aliphatic heterocycles. The molecule has 1 aliphatic rings. The summed E-state index contributed by atoms with van der Waals surface area (Å²) in [6, 6.07) is 8.72. The predicted octanol–water partition coefficient (Wildman–Crippen LogP) is 1.64. The Bertz CT molecular complexity index is 922. The van der Waals surface area contributed by atoms with Crippen molar-refractivity contribution in [2.24, 2.45) is 0 Å². The van der Waals surface area contributed by atoms with Crippen LogP contribution in [0.3, 0.4) is 0 Å². The maximum atomic E-state index is 13.1. The van der Waals surface area contributed by atoms with Crippen LogP contribution in [0, 0.1) is 0 Å². The Balaban J connectivity index is 1.84. The number of nitrogens with zero attached hydrogens (tertiary/aromatic N) is 3. The summed E-state index contributed by atoms with van der Waals surface area (Å²) in [4.78, 5) is 33.7. The molecule has 9 nitrogen and oxygen atoms in total. The average Bonchev–Trinajstić information content (AvgIpc) is 2.78. The molecule has 1 unspecified atom stereocenters. The van der Waals surface area contributed by atoms with Crippen LogP contribution in [0.4, 0.5) is 5.69 Å². The number of benzene rings is 1. The lowest BCUT2D eigenvalue weighted by Gasteiger charge is -2.29. The first-order valence-electron chi connectivity index (χ1n) is 9.95. The van der Waals surface area contributed by atoms with E-state index in [9.17, 15) is 9.59 Å². The molecule has 0 spiro atoms. The number of carbonyl (C=O) groups excluding carboxylic acids is 2. The molecule has 0 bridgehead atoms. The highest BCUT2D eigenvalue weighted by Gasteiger charge is 2.27. The summed E-state index contributed by atoms with van der Waals surface area (Å²) >= 11 is 0. The van der Waals surface area contributed by atoms with Gasteiger partial charge in [-0.25, -0.2) is 0 Å². The van der Waals surface area contributed by atoms with Gasteiger partial charge in [0, 0.05) is 31.9 Å². The molecule has 1 saturated heterocycles. The van der Waals surface area contributed by atoms with Crippen molar-refractivity contribution in [1.29, 1.82) is 0 Å². The molecule has 2 amide bonds. The Kier molecular flexibility index (Phi) is 7.43. The van der Waals surface area contributed by atoms with Gasteiger partial charge in [0.25, 0.3) is 11.8 Å². The number of anilines is 1. The van der Waals surface area contributed by atoms with Crippen molar-refractivity contribution in [2.75, 3.05) is 53.3 Å². The maximum absolute atomic E-state index is 13.1. The Morgan fingerprint density at radius 2 is 2.10 bits per heavy atom. The predicted molar refractivity (Wildman–Crippen MR) is 115 cm³/mol. The van der Waals surface area contributed by atoms with Gasteiger partial charge in [-0.05, 0) is 31.3 Å². The molecule has 0 saturated carbocycles. The fourth-order valence-electron chi connectivity index (χ4n) is 3.36. The molecular weight excluding hydrogens is 400 g/mol. The van der Waals surface area contributed by atoms with Crippen LogP contribution in [0.15, 0.2) is 36.5 Å². The van der Waals surface area contributed by atoms with Gasteiger partial charge in [0.05, 0.1) is 38.8 Å². The van der Waals surface area contributed by atoms with Gasteiger partial charge in [-0.1, -0.05) is 6.07 Å². The summed E-state index contributed by atoms with van der Waals surface area (Å²) in [6.45, 7) is 2.08. The highest BCUT2D eigenvalue weighted by Crippen LogP contribution is 2.37. The normalized spacial score (nSPS) is 16.5. The Labute approximate surface area is 181 Å². The summed E-state index contributed by atoms with van der Waals surface area (Å²) in [7, 11) is 6.59. The first kappa shape index (κ1) is 22.5. The summed E-state index contributed by atoms with van der Waals surface area (Å²) in [5, 5.41) is 2.83. The molecule has 1 fully saturated rings. The molecule has 1 aromatic carbocycles. The van der Waals surface area contributed by atoms with E-state index in [0.29, 0.717) is 42.4 Å². The molecule has 1 aromatic heterocycles. The number of rotatable bonds is 7. The summed E-state index contributed by atoms with van der Waals surface area (Å²) in [5.74, 6) is 0.134. The van der Waals surface area contributed by atoms with Crippen LogP contribution in [0.1, 0.15) is 16.1 Å². The average molecular weight is 428 g/mol. The van der Waals surface area contributed by atoms with Crippen molar-refractivity contribution in [3.8, 4) is 11.5 Å². The molecule has 1 atom stereocenters. The number of likely N-dealkylation sites (N-methyl/N-ethyl adjacent to an activating group) is 1. The number of carbonyl (C=O) groups is 2. The Hall–Kier alpha value is -3.17. The van der Waals surface area contributed by atoms with Gasteiger partial charge in [-0.2, -0.15) is 0 Å². The first-order valence-corrected chi connectivity index (χ1v) is 9.95. The number of pyridine rings is 1. The van der Waals surface area contributed by atoms with Gasteiger partial charge in [0.1, 0.15) is 6.10 Å². The van der Waals surface area contributed by atoms with Crippen LogP contribution in [0.25, 0.3) is 0 Å². The van der Waals surface area contributed by atoms with Crippen LogP contribution in [0.5, 0.6) is 11.5 Å². The third-order valence-corrected chi connectivity index (χ3v) is 5.02. The number of aromatic nitrogens is 1. The van der Waals surface area contributed by atoms with Gasteiger partial charge >= 0.3 is 0 Å². The second kappa shape index (κ2) is 10.2. The number of nitrogens with one attached hydrogen (secondary N) is 1. The van der Waals surface area contributed by atoms with E-state index in [1.807, 2.05) is 30.1 Å². The number of methoxy groups -OCH3 is 2. The van der Waals surface area contributed by atoms with Crippen molar-refractivity contribution in [2.45, 2.75) is 12.6 Å². The summed E-state index contributed by atoms with van der Waals surface area (Å²) in [6.07, 6.45) is 1.07. The van der Waals surface area contributed by atoms with Gasteiger partial charge in [-0.15, -0.1) is 0 Å². The van der Waals surface area contributed by atoms with E-state index in [4.69, 9.17) is 14.2 Å². The maximum Gasteiger partial charge on any atom is 0.254 e. The molecule has 1 N–H and O–H groups in total. The smallest absolute Gasteiger partial charge is 0.254 e. The second-order valence-electron chi connectivity index (χ2n) is 7.35. The van der Waals surface area contributed by atoms with Gasteiger partial charge in [0.15, 0.2) is 11.5 Å². The molecule has 3 rings (SSSR count). The van der Waals surface area contributed by atoms with E-state index >= 15 is 0 Å². The number of morpholine rings is 1. The number of hydrogen-bond donors (Lipinski definition) is 1. The molecule has 2 heterocycles. The van der Waals surface area contributed by atoms with E-state index in [0.717, 1.165) is 12.2 Å². The van der Waals surface area contributed by atoms with E-state index in [1.54, 1.807) is 30.3 Å². The van der Waals surface area contributed by atoms with Crippen LogP contribution >= 0.6 is 0 Å². The quantitative estimate of drug-likeness (QED) is 0.717. The largest absolute Gasteiger partial charge is 0.493 e. The zero-order valence-electron chi connectivity index (χ0n) is 18.3. The molecule has 166 valence electrons. The number of amides is 2. The lowest BCUT2D eigenvalue weighted by molar-refractivity contribution is -0.132. The SMILES string of the molecule is COc1cc(C(=O)N(C)Cc2ccccn2)cc(NC(=O)C2CN(C)CCO2)c1OC. The Morgan fingerprint density at radius 3 is 2.74 bits per heavy atom. The van der Waals surface area contributed by atoms with Crippen LogP contribution < -0.4 is 14.8 Å². The fraction of sp³-hybridized carbons (Fsp3) is 0.409. The zero-order chi connectivity index (χ0) is 22.4. The van der Waals surface area contributed by atoms with E-state index < -0.39 is 6.10 Å². The summed E-state index contributed by atoms with van der Waals surface area (Å²) in [5.41, 5.74) is 1.47.